The zero-order valence-corrected chi connectivity index (χ0v) is 16.7. The molecule has 1 aromatic heterocycles. The first-order valence-corrected chi connectivity index (χ1v) is 9.14. The van der Waals surface area contributed by atoms with Crippen LogP contribution < -0.4 is 4.74 Å². The van der Waals surface area contributed by atoms with E-state index in [9.17, 15) is 18.0 Å². The number of nitrogens with zero attached hydrogens (tertiary/aromatic N) is 2. The molecule has 5 nitrogen and oxygen atoms in total. The molecule has 3 aromatic rings. The third-order valence-corrected chi connectivity index (χ3v) is 4.99. The predicted octanol–water partition coefficient (Wildman–Crippen LogP) is 5.57. The van der Waals surface area contributed by atoms with E-state index in [-0.39, 0.29) is 22.3 Å². The first-order valence-electron chi connectivity index (χ1n) is 8.39. The van der Waals surface area contributed by atoms with Gasteiger partial charge < -0.3 is 14.4 Å². The van der Waals surface area contributed by atoms with Gasteiger partial charge in [-0.05, 0) is 49.7 Å². The lowest BCUT2D eigenvalue weighted by molar-refractivity contribution is -0.144. The van der Waals surface area contributed by atoms with Crippen LogP contribution in [0.15, 0.2) is 30.3 Å². The minimum Gasteiger partial charge on any atom is -0.479 e. The van der Waals surface area contributed by atoms with E-state index in [4.69, 9.17) is 33.0 Å². The van der Waals surface area contributed by atoms with Gasteiger partial charge in [-0.25, -0.2) is 9.78 Å². The second kappa shape index (κ2) is 7.76. The molecule has 1 heterocycles. The Morgan fingerprint density at radius 1 is 1.24 bits per heavy atom. The van der Waals surface area contributed by atoms with Crippen LogP contribution in [0.5, 0.6) is 5.75 Å². The van der Waals surface area contributed by atoms with Crippen molar-refractivity contribution in [2.75, 3.05) is 0 Å². The van der Waals surface area contributed by atoms with Gasteiger partial charge in [0.2, 0.25) is 0 Å². The van der Waals surface area contributed by atoms with Gasteiger partial charge in [-0.3, -0.25) is 0 Å². The van der Waals surface area contributed by atoms with Crippen LogP contribution in [0.3, 0.4) is 0 Å². The van der Waals surface area contributed by atoms with Gasteiger partial charge in [-0.2, -0.15) is 13.2 Å². The molecule has 10 heteroatoms. The minimum absolute atomic E-state index is 0.0947. The van der Waals surface area contributed by atoms with Crippen LogP contribution in [-0.4, -0.2) is 26.7 Å². The number of hydrogen-bond acceptors (Lipinski definition) is 3. The fourth-order valence-electron chi connectivity index (χ4n) is 2.81. The Morgan fingerprint density at radius 3 is 2.55 bits per heavy atom. The van der Waals surface area contributed by atoms with E-state index in [0.717, 1.165) is 12.1 Å². The number of carboxylic acid groups (broad SMARTS) is 1. The van der Waals surface area contributed by atoms with E-state index >= 15 is 0 Å². The summed E-state index contributed by atoms with van der Waals surface area (Å²) >= 11 is 12.3. The Bertz CT molecular complexity index is 1100. The van der Waals surface area contributed by atoms with Crippen molar-refractivity contribution in [2.24, 2.45) is 0 Å². The molecular weight excluding hydrogens is 432 g/mol. The Hall–Kier alpha value is -2.45. The Labute approximate surface area is 173 Å². The Kier molecular flexibility index (Phi) is 5.69. The molecule has 154 valence electrons. The largest absolute Gasteiger partial charge is 0.479 e. The molecule has 0 bridgehead atoms. The van der Waals surface area contributed by atoms with Gasteiger partial charge >= 0.3 is 12.1 Å². The number of ether oxygens (including phenoxy) is 1. The smallest absolute Gasteiger partial charge is 0.416 e. The summed E-state index contributed by atoms with van der Waals surface area (Å²) in [5.74, 6) is -0.570. The number of aryl methyl sites for hydroxylation is 1. The van der Waals surface area contributed by atoms with Crippen molar-refractivity contribution < 1.29 is 27.8 Å². The van der Waals surface area contributed by atoms with Crippen LogP contribution >= 0.6 is 23.2 Å². The summed E-state index contributed by atoms with van der Waals surface area (Å²) in [6, 6.07) is 6.20. The molecule has 3 rings (SSSR count). The molecule has 0 aliphatic carbocycles. The molecule has 0 aliphatic rings. The first kappa shape index (κ1) is 21.3. The molecule has 0 saturated heterocycles. The molecular formula is C19H15Cl2F3N2O3. The van der Waals surface area contributed by atoms with E-state index in [0.29, 0.717) is 22.4 Å². The quantitative estimate of drug-likeness (QED) is 0.556. The fraction of sp³-hybridized carbons (Fsp3) is 0.263. The molecule has 0 amide bonds. The van der Waals surface area contributed by atoms with Crippen LogP contribution in [0.1, 0.15) is 23.9 Å². The number of halogens is 5. The van der Waals surface area contributed by atoms with Crippen molar-refractivity contribution in [1.29, 1.82) is 0 Å². The second-order valence-electron chi connectivity index (χ2n) is 6.42. The third kappa shape index (κ3) is 4.43. The maximum atomic E-state index is 13.1. The van der Waals surface area contributed by atoms with Gasteiger partial charge in [0.05, 0.1) is 28.2 Å². The summed E-state index contributed by atoms with van der Waals surface area (Å²) < 4.78 is 46.2. The molecule has 0 aliphatic heterocycles. The normalized spacial score (nSPS) is 12.9. The molecule has 0 fully saturated rings. The van der Waals surface area contributed by atoms with E-state index in [2.05, 4.69) is 4.98 Å². The summed E-state index contributed by atoms with van der Waals surface area (Å²) in [5.41, 5.74) is 0.414. The van der Waals surface area contributed by atoms with Crippen LogP contribution in [0, 0.1) is 6.92 Å². The van der Waals surface area contributed by atoms with Gasteiger partial charge in [0.15, 0.2) is 6.10 Å². The van der Waals surface area contributed by atoms with Crippen molar-refractivity contribution in [3.63, 3.8) is 0 Å². The molecule has 1 N–H and O–H groups in total. The maximum absolute atomic E-state index is 13.1. The number of alkyl halides is 3. The summed E-state index contributed by atoms with van der Waals surface area (Å²) in [7, 11) is 0. The number of imidazole rings is 1. The van der Waals surface area contributed by atoms with Crippen molar-refractivity contribution in [3.8, 4) is 5.75 Å². The summed E-state index contributed by atoms with van der Waals surface area (Å²) in [4.78, 5) is 15.3. The van der Waals surface area contributed by atoms with E-state index < -0.39 is 23.8 Å². The fourth-order valence-corrected chi connectivity index (χ4v) is 3.30. The second-order valence-corrected chi connectivity index (χ2v) is 7.23. The summed E-state index contributed by atoms with van der Waals surface area (Å²) in [6.45, 7) is 3.11. The molecule has 0 spiro atoms. The zero-order chi connectivity index (χ0) is 21.5. The summed E-state index contributed by atoms with van der Waals surface area (Å²) in [6.07, 6.45) is -5.63. The monoisotopic (exact) mass is 446 g/mol. The highest BCUT2D eigenvalue weighted by molar-refractivity contribution is 6.36. The van der Waals surface area contributed by atoms with Gasteiger partial charge in [0, 0.05) is 5.02 Å². The molecule has 1 atom stereocenters. The average Bonchev–Trinajstić information content (AvgIpc) is 2.92. The molecule has 29 heavy (non-hydrogen) atoms. The number of rotatable bonds is 5. The van der Waals surface area contributed by atoms with E-state index in [1.807, 2.05) is 0 Å². The molecule has 0 saturated carbocycles. The predicted molar refractivity (Wildman–Crippen MR) is 103 cm³/mol. The number of hydrogen-bond donors (Lipinski definition) is 1. The van der Waals surface area contributed by atoms with Crippen molar-refractivity contribution in [1.82, 2.24) is 9.55 Å². The highest BCUT2D eigenvalue weighted by Crippen LogP contribution is 2.34. The Balaban J connectivity index is 2.04. The molecule has 0 unspecified atom stereocenters. The summed E-state index contributed by atoms with van der Waals surface area (Å²) in [5, 5.41) is 9.40. The first-order chi connectivity index (χ1) is 13.5. The van der Waals surface area contributed by atoms with Gasteiger partial charge in [-0.1, -0.05) is 23.2 Å². The topological polar surface area (TPSA) is 64.4 Å². The van der Waals surface area contributed by atoms with Crippen molar-refractivity contribution >= 4 is 40.2 Å². The van der Waals surface area contributed by atoms with Crippen molar-refractivity contribution in [3.05, 3.63) is 57.3 Å². The van der Waals surface area contributed by atoms with Gasteiger partial charge in [0.1, 0.15) is 11.6 Å². The van der Waals surface area contributed by atoms with Gasteiger partial charge in [0.25, 0.3) is 0 Å². The van der Waals surface area contributed by atoms with E-state index in [1.165, 1.54) is 25.1 Å². The molecule has 0 radical (unpaired) electrons. The number of aromatic nitrogens is 2. The standard InChI is InChI=1S/C19H15Cl2F3N2O3/c1-9(18(27)28)29-17-5-11(13(20)7-14(17)21)8-26-10(2)25-15-4-3-12(6-16(15)26)19(22,23)24/h3-7,9H,8H2,1-2H3,(H,27,28)/t9-/m0/s1. The number of benzene rings is 2. The third-order valence-electron chi connectivity index (χ3n) is 4.35. The van der Waals surface area contributed by atoms with Crippen LogP contribution in [-0.2, 0) is 17.5 Å². The number of fused-ring (bicyclic) bond motifs is 1. The minimum atomic E-state index is -4.48. The van der Waals surface area contributed by atoms with Crippen LogP contribution in [0.4, 0.5) is 13.2 Å². The Morgan fingerprint density at radius 2 is 1.93 bits per heavy atom. The zero-order valence-electron chi connectivity index (χ0n) is 15.2. The lowest BCUT2D eigenvalue weighted by Crippen LogP contribution is -2.23. The van der Waals surface area contributed by atoms with Crippen LogP contribution in [0.2, 0.25) is 10.0 Å². The average molecular weight is 447 g/mol. The number of carbonyl (C=O) groups is 1. The highest BCUT2D eigenvalue weighted by Gasteiger charge is 2.31. The molecule has 2 aromatic carbocycles. The lowest BCUT2D eigenvalue weighted by Gasteiger charge is -2.15. The van der Waals surface area contributed by atoms with Crippen molar-refractivity contribution in [2.45, 2.75) is 32.7 Å². The van der Waals surface area contributed by atoms with Crippen LogP contribution in [0.25, 0.3) is 11.0 Å². The van der Waals surface area contributed by atoms with Gasteiger partial charge in [-0.15, -0.1) is 0 Å². The number of aliphatic carboxylic acids is 1. The maximum Gasteiger partial charge on any atom is 0.416 e. The number of carboxylic acids is 1. The lowest BCUT2D eigenvalue weighted by atomic mass is 10.1. The SMILES string of the molecule is Cc1nc2ccc(C(F)(F)F)cc2n1Cc1cc(O[C@@H](C)C(=O)O)c(Cl)cc1Cl. The van der Waals surface area contributed by atoms with E-state index in [1.54, 1.807) is 11.5 Å². The highest BCUT2D eigenvalue weighted by atomic mass is 35.5.